The van der Waals surface area contributed by atoms with Crippen LogP contribution in [0.3, 0.4) is 0 Å². The first kappa shape index (κ1) is 15.0. The second kappa shape index (κ2) is 6.20. The molecule has 0 fully saturated rings. The van der Waals surface area contributed by atoms with E-state index in [0.29, 0.717) is 0 Å². The average molecular weight is 268 g/mol. The van der Waals surface area contributed by atoms with Gasteiger partial charge in [0.05, 0.1) is 4.92 Å². The highest BCUT2D eigenvalue weighted by molar-refractivity contribution is 7.99. The number of nitro benzene ring substituents is 1. The van der Waals surface area contributed by atoms with Crippen molar-refractivity contribution in [1.82, 2.24) is 5.32 Å². The molecule has 0 aromatic heterocycles. The summed E-state index contributed by atoms with van der Waals surface area (Å²) < 4.78 is 0.123. The van der Waals surface area contributed by atoms with Crippen LogP contribution in [0.2, 0.25) is 0 Å². The maximum Gasteiger partial charge on any atom is 0.274 e. The molecule has 4 nitrogen and oxygen atoms in total. The maximum absolute atomic E-state index is 11.0. The second-order valence-electron chi connectivity index (χ2n) is 4.88. The van der Waals surface area contributed by atoms with Gasteiger partial charge in [-0.3, -0.25) is 10.1 Å². The van der Waals surface area contributed by atoms with Crippen LogP contribution < -0.4 is 5.32 Å². The Hall–Kier alpha value is -1.07. The normalized spacial score (nSPS) is 13.3. The molecule has 0 heterocycles. The molecular weight excluding hydrogens is 248 g/mol. The fraction of sp³-hybridized carbons (Fsp3) is 0.538. The fourth-order valence-electron chi connectivity index (χ4n) is 1.60. The van der Waals surface area contributed by atoms with Crippen LogP contribution in [0.5, 0.6) is 0 Å². The fourth-order valence-corrected chi connectivity index (χ4v) is 1.83. The van der Waals surface area contributed by atoms with Gasteiger partial charge in [0.15, 0.2) is 0 Å². The number of nitrogens with zero attached hydrogens (tertiary/aromatic N) is 1. The summed E-state index contributed by atoms with van der Waals surface area (Å²) >= 11 is 1.78. The first-order valence-corrected chi connectivity index (χ1v) is 7.12. The quantitative estimate of drug-likeness (QED) is 0.634. The topological polar surface area (TPSA) is 55.2 Å². The lowest BCUT2D eigenvalue weighted by molar-refractivity contribution is -0.385. The molecule has 1 unspecified atom stereocenters. The lowest BCUT2D eigenvalue weighted by Gasteiger charge is -2.25. The van der Waals surface area contributed by atoms with Crippen LogP contribution in [-0.2, 0) is 0 Å². The molecule has 0 aliphatic carbocycles. The third-order valence-corrected chi connectivity index (χ3v) is 4.24. The molecule has 5 heteroatoms. The van der Waals surface area contributed by atoms with Crippen molar-refractivity contribution in [3.8, 4) is 0 Å². The van der Waals surface area contributed by atoms with Gasteiger partial charge < -0.3 is 5.32 Å². The highest BCUT2D eigenvalue weighted by Gasteiger charge is 2.21. The van der Waals surface area contributed by atoms with E-state index in [9.17, 15) is 10.1 Å². The van der Waals surface area contributed by atoms with E-state index in [-0.39, 0.29) is 21.4 Å². The molecule has 0 bridgehead atoms. The van der Waals surface area contributed by atoms with Gasteiger partial charge >= 0.3 is 0 Å². The van der Waals surface area contributed by atoms with Crippen LogP contribution in [0, 0.1) is 10.1 Å². The zero-order chi connectivity index (χ0) is 13.8. The van der Waals surface area contributed by atoms with E-state index in [2.05, 4.69) is 25.4 Å². The van der Waals surface area contributed by atoms with Gasteiger partial charge in [-0.2, -0.15) is 11.8 Å². The summed E-state index contributed by atoms with van der Waals surface area (Å²) in [5, 5.41) is 14.3. The summed E-state index contributed by atoms with van der Waals surface area (Å²) in [5.74, 6) is 0. The minimum Gasteiger partial charge on any atom is -0.309 e. The minimum absolute atomic E-state index is 0.0296. The van der Waals surface area contributed by atoms with Crippen molar-refractivity contribution in [3.63, 3.8) is 0 Å². The van der Waals surface area contributed by atoms with Crippen LogP contribution in [0.15, 0.2) is 24.3 Å². The van der Waals surface area contributed by atoms with Crippen LogP contribution in [-0.4, -0.2) is 22.5 Å². The highest BCUT2D eigenvalue weighted by Crippen LogP contribution is 2.26. The first-order chi connectivity index (χ1) is 8.37. The Morgan fingerprint density at radius 2 is 2.06 bits per heavy atom. The smallest absolute Gasteiger partial charge is 0.274 e. The molecule has 1 atom stereocenters. The molecule has 0 aliphatic heterocycles. The van der Waals surface area contributed by atoms with Crippen LogP contribution in [0.25, 0.3) is 0 Å². The van der Waals surface area contributed by atoms with Gasteiger partial charge in [0.25, 0.3) is 5.69 Å². The summed E-state index contributed by atoms with van der Waals surface area (Å²) in [6, 6.07) is 6.85. The molecule has 1 N–H and O–H groups in total. The van der Waals surface area contributed by atoms with Crippen LogP contribution >= 0.6 is 11.8 Å². The minimum atomic E-state index is -0.326. The molecule has 0 saturated carbocycles. The standard InChI is InChI=1S/C13H20N2O2S/c1-10(14-9-13(2,3)18-4)11-7-5-6-8-12(11)15(16)17/h5-8,10,14H,9H2,1-4H3. The lowest BCUT2D eigenvalue weighted by atomic mass is 10.1. The Kier molecular flexibility index (Phi) is 5.16. The molecule has 100 valence electrons. The molecule has 1 aromatic carbocycles. The number of benzene rings is 1. The predicted octanol–water partition coefficient (Wildman–Crippen LogP) is 3.39. The number of thioether (sulfide) groups is 1. The van der Waals surface area contributed by atoms with Crippen molar-refractivity contribution in [3.05, 3.63) is 39.9 Å². The monoisotopic (exact) mass is 268 g/mol. The van der Waals surface area contributed by atoms with E-state index in [1.54, 1.807) is 23.9 Å². The van der Waals surface area contributed by atoms with Crippen molar-refractivity contribution in [2.75, 3.05) is 12.8 Å². The Morgan fingerprint density at radius 1 is 1.44 bits per heavy atom. The number of hydrogen-bond donors (Lipinski definition) is 1. The number of nitrogens with one attached hydrogen (secondary N) is 1. The third-order valence-electron chi connectivity index (χ3n) is 2.99. The summed E-state index contributed by atoms with van der Waals surface area (Å²) in [6.07, 6.45) is 2.07. The van der Waals surface area contributed by atoms with Gasteiger partial charge in [-0.25, -0.2) is 0 Å². The molecule has 1 aromatic rings. The molecule has 0 radical (unpaired) electrons. The summed E-state index contributed by atoms with van der Waals surface area (Å²) in [4.78, 5) is 10.6. The average Bonchev–Trinajstić information content (AvgIpc) is 2.36. The third kappa shape index (κ3) is 3.99. The van der Waals surface area contributed by atoms with Gasteiger partial charge in [-0.05, 0) is 27.0 Å². The van der Waals surface area contributed by atoms with Crippen molar-refractivity contribution >= 4 is 17.4 Å². The van der Waals surface area contributed by atoms with E-state index in [0.717, 1.165) is 12.1 Å². The van der Waals surface area contributed by atoms with E-state index < -0.39 is 0 Å². The first-order valence-electron chi connectivity index (χ1n) is 5.89. The molecular formula is C13H20N2O2S. The molecule has 0 aliphatic rings. The van der Waals surface area contributed by atoms with Crippen LogP contribution in [0.4, 0.5) is 5.69 Å². The van der Waals surface area contributed by atoms with Gasteiger partial charge in [-0.15, -0.1) is 0 Å². The lowest BCUT2D eigenvalue weighted by Crippen LogP contribution is -2.33. The summed E-state index contributed by atoms with van der Waals surface area (Å²) in [6.45, 7) is 7.06. The summed E-state index contributed by atoms with van der Waals surface area (Å²) in [5.41, 5.74) is 0.916. The van der Waals surface area contributed by atoms with Crippen molar-refractivity contribution in [2.45, 2.75) is 31.6 Å². The van der Waals surface area contributed by atoms with E-state index in [4.69, 9.17) is 0 Å². The van der Waals surface area contributed by atoms with Crippen molar-refractivity contribution in [1.29, 1.82) is 0 Å². The van der Waals surface area contributed by atoms with E-state index in [1.807, 2.05) is 19.1 Å². The Labute approximate surface area is 112 Å². The largest absolute Gasteiger partial charge is 0.309 e. The second-order valence-corrected chi connectivity index (χ2v) is 6.40. The van der Waals surface area contributed by atoms with Gasteiger partial charge in [-0.1, -0.05) is 18.2 Å². The predicted molar refractivity (Wildman–Crippen MR) is 77.1 cm³/mol. The molecule has 18 heavy (non-hydrogen) atoms. The maximum atomic E-state index is 11.0. The van der Waals surface area contributed by atoms with Crippen molar-refractivity contribution in [2.24, 2.45) is 0 Å². The summed E-state index contributed by atoms with van der Waals surface area (Å²) in [7, 11) is 0. The molecule has 0 spiro atoms. The zero-order valence-electron chi connectivity index (χ0n) is 11.3. The molecule has 1 rings (SSSR count). The van der Waals surface area contributed by atoms with Gasteiger partial charge in [0.1, 0.15) is 0 Å². The molecule has 0 saturated heterocycles. The number of nitro groups is 1. The van der Waals surface area contributed by atoms with Crippen LogP contribution in [0.1, 0.15) is 32.4 Å². The van der Waals surface area contributed by atoms with E-state index in [1.165, 1.54) is 0 Å². The SMILES string of the molecule is CSC(C)(C)CNC(C)c1ccccc1[N+](=O)[O-]. The number of rotatable bonds is 6. The number of hydrogen-bond acceptors (Lipinski definition) is 4. The number of para-hydroxylation sites is 1. The van der Waals surface area contributed by atoms with Gasteiger partial charge in [0.2, 0.25) is 0 Å². The van der Waals surface area contributed by atoms with Gasteiger partial charge in [0, 0.05) is 29.0 Å². The zero-order valence-corrected chi connectivity index (χ0v) is 12.1. The Bertz CT molecular complexity index is 421. The highest BCUT2D eigenvalue weighted by atomic mass is 32.2. The van der Waals surface area contributed by atoms with E-state index >= 15 is 0 Å². The van der Waals surface area contributed by atoms with Crippen molar-refractivity contribution < 1.29 is 4.92 Å². The Balaban J connectivity index is 2.79. The molecule has 0 amide bonds. The Morgan fingerprint density at radius 3 is 2.61 bits per heavy atom.